The average molecular weight is 179 g/mol. The maximum absolute atomic E-state index is 5.62. The smallest absolute Gasteiger partial charge is 0.0514 e. The van der Waals surface area contributed by atoms with Gasteiger partial charge < -0.3 is 11.5 Å². The van der Waals surface area contributed by atoms with Crippen LogP contribution in [0.15, 0.2) is 17.5 Å². The zero-order chi connectivity index (χ0) is 6.69. The van der Waals surface area contributed by atoms with Gasteiger partial charge in [0, 0.05) is 11.4 Å². The molecule has 0 amide bonds. The highest BCUT2D eigenvalue weighted by molar-refractivity contribution is 7.10. The van der Waals surface area contributed by atoms with Crippen LogP contribution in [-0.4, -0.2) is 6.54 Å². The van der Waals surface area contributed by atoms with Gasteiger partial charge in [0.05, 0.1) is 6.04 Å². The molecule has 0 aliphatic heterocycles. The Labute approximate surface area is 70.6 Å². The molecule has 1 heterocycles. The predicted molar refractivity (Wildman–Crippen MR) is 47.5 cm³/mol. The van der Waals surface area contributed by atoms with Gasteiger partial charge in [-0.15, -0.1) is 23.7 Å². The van der Waals surface area contributed by atoms with Crippen molar-refractivity contribution in [2.24, 2.45) is 11.5 Å². The molecule has 10 heavy (non-hydrogen) atoms. The third-order valence-electron chi connectivity index (χ3n) is 1.16. The molecule has 0 saturated heterocycles. The summed E-state index contributed by atoms with van der Waals surface area (Å²) in [6, 6.07) is 4.02. The van der Waals surface area contributed by atoms with Crippen LogP contribution in [0.2, 0.25) is 0 Å². The third kappa shape index (κ3) is 2.27. The molecule has 0 fully saturated rings. The molecule has 0 saturated carbocycles. The van der Waals surface area contributed by atoms with Gasteiger partial charge in [-0.1, -0.05) is 6.07 Å². The number of nitrogens with two attached hydrogens (primary N) is 2. The normalized spacial score (nSPS) is 12.2. The minimum atomic E-state index is 0. The summed E-state index contributed by atoms with van der Waals surface area (Å²) in [5.74, 6) is 0. The van der Waals surface area contributed by atoms with Gasteiger partial charge in [-0.05, 0) is 11.4 Å². The van der Waals surface area contributed by atoms with E-state index in [-0.39, 0.29) is 18.4 Å². The summed E-state index contributed by atoms with van der Waals surface area (Å²) in [7, 11) is 0. The molecule has 1 aromatic heterocycles. The Bertz CT molecular complexity index is 164. The molecule has 0 radical (unpaired) electrons. The van der Waals surface area contributed by atoms with Crippen LogP contribution in [0.1, 0.15) is 10.9 Å². The van der Waals surface area contributed by atoms with E-state index < -0.39 is 0 Å². The number of hydrogen-bond acceptors (Lipinski definition) is 3. The van der Waals surface area contributed by atoms with E-state index in [4.69, 9.17) is 11.5 Å². The van der Waals surface area contributed by atoms with Gasteiger partial charge in [0.15, 0.2) is 0 Å². The second-order valence-electron chi connectivity index (χ2n) is 1.86. The number of halogens is 1. The standard InChI is InChI=1S/C6H10N2S.ClH/c7-4-5(8)6-2-1-3-9-6;/h1-3,5H,4,7-8H2;1H/t5-;/m1./s1. The van der Waals surface area contributed by atoms with Crippen molar-refractivity contribution in [2.45, 2.75) is 6.04 Å². The monoisotopic (exact) mass is 178 g/mol. The lowest BCUT2D eigenvalue weighted by molar-refractivity contribution is 0.752. The molecule has 1 rings (SSSR count). The Balaban J connectivity index is 0.000000810. The van der Waals surface area contributed by atoms with E-state index in [1.54, 1.807) is 11.3 Å². The fraction of sp³-hybridized carbons (Fsp3) is 0.333. The van der Waals surface area contributed by atoms with E-state index in [0.717, 1.165) is 4.88 Å². The second kappa shape index (κ2) is 4.68. The Kier molecular flexibility index (Phi) is 4.64. The lowest BCUT2D eigenvalue weighted by Gasteiger charge is -2.02. The summed E-state index contributed by atoms with van der Waals surface area (Å²) in [4.78, 5) is 1.16. The average Bonchev–Trinajstić information content (AvgIpc) is 2.37. The zero-order valence-corrected chi connectivity index (χ0v) is 7.12. The zero-order valence-electron chi connectivity index (χ0n) is 5.49. The second-order valence-corrected chi connectivity index (χ2v) is 2.84. The van der Waals surface area contributed by atoms with Crippen LogP contribution >= 0.6 is 23.7 Å². The van der Waals surface area contributed by atoms with E-state index in [9.17, 15) is 0 Å². The van der Waals surface area contributed by atoms with Gasteiger partial charge in [0.1, 0.15) is 0 Å². The van der Waals surface area contributed by atoms with Gasteiger partial charge in [-0.2, -0.15) is 0 Å². The number of thiophene rings is 1. The van der Waals surface area contributed by atoms with E-state index in [1.165, 1.54) is 0 Å². The van der Waals surface area contributed by atoms with Crippen molar-refractivity contribution in [3.05, 3.63) is 22.4 Å². The van der Waals surface area contributed by atoms with Crippen molar-refractivity contribution in [3.8, 4) is 0 Å². The highest BCUT2D eigenvalue weighted by atomic mass is 35.5. The van der Waals surface area contributed by atoms with E-state index in [2.05, 4.69) is 0 Å². The maximum Gasteiger partial charge on any atom is 0.0514 e. The molecule has 0 aromatic carbocycles. The Morgan fingerprint density at radius 3 is 2.70 bits per heavy atom. The third-order valence-corrected chi connectivity index (χ3v) is 2.17. The molecule has 4 heteroatoms. The summed E-state index contributed by atoms with van der Waals surface area (Å²) in [6.07, 6.45) is 0. The summed E-state index contributed by atoms with van der Waals surface area (Å²) in [5, 5.41) is 2.00. The molecule has 0 aliphatic carbocycles. The molecule has 58 valence electrons. The van der Waals surface area contributed by atoms with Gasteiger partial charge in [-0.25, -0.2) is 0 Å². The number of rotatable bonds is 2. The molecular weight excluding hydrogens is 168 g/mol. The summed E-state index contributed by atoms with van der Waals surface area (Å²) < 4.78 is 0. The fourth-order valence-electron chi connectivity index (χ4n) is 0.618. The Morgan fingerprint density at radius 2 is 2.30 bits per heavy atom. The molecule has 0 unspecified atom stereocenters. The summed E-state index contributed by atoms with van der Waals surface area (Å²) >= 11 is 1.65. The van der Waals surface area contributed by atoms with Crippen LogP contribution in [0.3, 0.4) is 0 Å². The number of hydrogen-bond donors (Lipinski definition) is 2. The molecule has 0 spiro atoms. The molecule has 2 nitrogen and oxygen atoms in total. The van der Waals surface area contributed by atoms with Gasteiger partial charge in [0.2, 0.25) is 0 Å². The maximum atomic E-state index is 5.62. The van der Waals surface area contributed by atoms with Crippen molar-refractivity contribution < 1.29 is 0 Å². The topological polar surface area (TPSA) is 52.0 Å². The van der Waals surface area contributed by atoms with Crippen LogP contribution in [0.4, 0.5) is 0 Å². The Morgan fingerprint density at radius 1 is 1.60 bits per heavy atom. The van der Waals surface area contributed by atoms with Gasteiger partial charge in [-0.3, -0.25) is 0 Å². The Hall–Kier alpha value is -0.0900. The van der Waals surface area contributed by atoms with E-state index >= 15 is 0 Å². The summed E-state index contributed by atoms with van der Waals surface area (Å²) in [5.41, 5.74) is 11.0. The molecule has 1 atom stereocenters. The molecule has 0 bridgehead atoms. The quantitative estimate of drug-likeness (QED) is 0.714. The van der Waals surface area contributed by atoms with Crippen LogP contribution in [0.5, 0.6) is 0 Å². The fourth-order valence-corrected chi connectivity index (χ4v) is 1.36. The van der Waals surface area contributed by atoms with E-state index in [1.807, 2.05) is 17.5 Å². The first kappa shape index (κ1) is 9.91. The van der Waals surface area contributed by atoms with Crippen molar-refractivity contribution >= 4 is 23.7 Å². The van der Waals surface area contributed by atoms with Crippen molar-refractivity contribution in [1.29, 1.82) is 0 Å². The molecular formula is C6H11ClN2S. The SMILES string of the molecule is Cl.NC[C@@H](N)c1cccs1. The van der Waals surface area contributed by atoms with Crippen LogP contribution < -0.4 is 11.5 Å². The highest BCUT2D eigenvalue weighted by Crippen LogP contribution is 2.14. The largest absolute Gasteiger partial charge is 0.329 e. The van der Waals surface area contributed by atoms with E-state index in [0.29, 0.717) is 6.54 Å². The van der Waals surface area contributed by atoms with Crippen molar-refractivity contribution in [2.75, 3.05) is 6.54 Å². The predicted octanol–water partition coefficient (Wildman–Crippen LogP) is 1.13. The highest BCUT2D eigenvalue weighted by Gasteiger charge is 2.01. The molecule has 1 aromatic rings. The lowest BCUT2D eigenvalue weighted by atomic mass is 10.3. The lowest BCUT2D eigenvalue weighted by Crippen LogP contribution is -2.19. The first-order chi connectivity index (χ1) is 4.34. The molecule has 4 N–H and O–H groups in total. The summed E-state index contributed by atoms with van der Waals surface area (Å²) in [6.45, 7) is 0.528. The minimum absolute atomic E-state index is 0. The van der Waals surface area contributed by atoms with Gasteiger partial charge >= 0.3 is 0 Å². The van der Waals surface area contributed by atoms with Crippen LogP contribution in [0.25, 0.3) is 0 Å². The van der Waals surface area contributed by atoms with Crippen molar-refractivity contribution in [3.63, 3.8) is 0 Å². The first-order valence-corrected chi connectivity index (χ1v) is 3.71. The van der Waals surface area contributed by atoms with Gasteiger partial charge in [0.25, 0.3) is 0 Å². The van der Waals surface area contributed by atoms with Crippen LogP contribution in [0, 0.1) is 0 Å². The first-order valence-electron chi connectivity index (χ1n) is 2.83. The van der Waals surface area contributed by atoms with Crippen LogP contribution in [-0.2, 0) is 0 Å². The molecule has 0 aliphatic rings. The minimum Gasteiger partial charge on any atom is -0.329 e. The van der Waals surface area contributed by atoms with Crippen molar-refractivity contribution in [1.82, 2.24) is 0 Å².